The van der Waals surface area contributed by atoms with Crippen molar-refractivity contribution in [1.29, 1.82) is 0 Å². The molecule has 1 aliphatic carbocycles. The zero-order valence-electron chi connectivity index (χ0n) is 11.8. The van der Waals surface area contributed by atoms with Crippen LogP contribution in [0.1, 0.15) is 45.4 Å². The first-order chi connectivity index (χ1) is 9.35. The minimum Gasteiger partial charge on any atom is -0.456 e. The summed E-state index contributed by atoms with van der Waals surface area (Å²) < 4.78 is 30.6. The first-order valence-corrected chi connectivity index (χ1v) is 7.37. The molecule has 1 saturated heterocycles. The van der Waals surface area contributed by atoms with Crippen LogP contribution >= 0.6 is 0 Å². The van der Waals surface area contributed by atoms with Crippen molar-refractivity contribution >= 4 is 5.97 Å². The number of hydrogen-bond acceptors (Lipinski definition) is 4. The fourth-order valence-corrected chi connectivity index (χ4v) is 3.03. The highest BCUT2D eigenvalue weighted by Crippen LogP contribution is 2.33. The molecule has 0 amide bonds. The topological polar surface area (TPSA) is 58.6 Å². The average Bonchev–Trinajstić information content (AvgIpc) is 2.64. The van der Waals surface area contributed by atoms with Crippen molar-refractivity contribution in [3.05, 3.63) is 0 Å². The van der Waals surface area contributed by atoms with Gasteiger partial charge in [-0.15, -0.1) is 0 Å². The van der Waals surface area contributed by atoms with Crippen molar-refractivity contribution in [2.24, 2.45) is 5.92 Å². The summed E-state index contributed by atoms with van der Waals surface area (Å²) in [6, 6.07) is 0. The molecular weight excluding hydrogens is 268 g/mol. The summed E-state index contributed by atoms with van der Waals surface area (Å²) in [4.78, 5) is 10.9. The van der Waals surface area contributed by atoms with Gasteiger partial charge in [-0.3, -0.25) is 0 Å². The Hall–Kier alpha value is -0.750. The number of halogens is 2. The molecule has 2 fully saturated rings. The maximum Gasteiger partial charge on any atom is 0.377 e. The van der Waals surface area contributed by atoms with Crippen LogP contribution < -0.4 is 5.32 Å². The molecule has 1 heterocycles. The molecule has 1 saturated carbocycles. The Morgan fingerprint density at radius 1 is 1.40 bits per heavy atom. The van der Waals surface area contributed by atoms with Crippen molar-refractivity contribution in [3.8, 4) is 0 Å². The van der Waals surface area contributed by atoms with Gasteiger partial charge in [-0.25, -0.2) is 4.79 Å². The third-order valence-corrected chi connectivity index (χ3v) is 4.50. The van der Waals surface area contributed by atoms with Crippen molar-refractivity contribution < 1.29 is 23.4 Å². The molecule has 1 atom stereocenters. The lowest BCUT2D eigenvalue weighted by Crippen LogP contribution is -2.45. The van der Waals surface area contributed by atoms with E-state index < -0.39 is 30.0 Å². The summed E-state index contributed by atoms with van der Waals surface area (Å²) in [7, 11) is 0. The monoisotopic (exact) mass is 291 g/mol. The number of nitrogens with one attached hydrogen (secondary N) is 1. The summed E-state index contributed by atoms with van der Waals surface area (Å²) in [6.07, 6.45) is 3.24. The number of carbonyl (C=O) groups excluding carboxylic acids is 1. The summed E-state index contributed by atoms with van der Waals surface area (Å²) in [5.41, 5.74) is -0.753. The molecule has 2 N–H and O–H groups in total. The van der Waals surface area contributed by atoms with Gasteiger partial charge in [0.1, 0.15) is 6.10 Å². The molecule has 1 aliphatic heterocycles. The zero-order valence-corrected chi connectivity index (χ0v) is 11.8. The van der Waals surface area contributed by atoms with E-state index in [0.717, 1.165) is 32.1 Å². The van der Waals surface area contributed by atoms with E-state index in [1.54, 1.807) is 0 Å². The zero-order chi connectivity index (χ0) is 14.8. The molecule has 0 spiro atoms. The second kappa shape index (κ2) is 5.93. The molecule has 116 valence electrons. The van der Waals surface area contributed by atoms with Crippen molar-refractivity contribution in [1.82, 2.24) is 5.32 Å². The predicted molar refractivity (Wildman–Crippen MR) is 69.5 cm³/mol. The lowest BCUT2D eigenvalue weighted by atomic mass is 9.78. The summed E-state index contributed by atoms with van der Waals surface area (Å²) in [5.74, 6) is -4.11. The third kappa shape index (κ3) is 3.67. The van der Waals surface area contributed by atoms with Gasteiger partial charge in [-0.1, -0.05) is 13.3 Å². The van der Waals surface area contributed by atoms with Gasteiger partial charge in [-0.2, -0.15) is 8.78 Å². The first kappa shape index (κ1) is 15.6. The van der Waals surface area contributed by atoms with Gasteiger partial charge < -0.3 is 15.2 Å². The number of hydrogen-bond donors (Lipinski definition) is 2. The molecule has 0 aromatic rings. The summed E-state index contributed by atoms with van der Waals surface area (Å²) in [5, 5.41) is 13.4. The van der Waals surface area contributed by atoms with E-state index in [2.05, 4.69) is 17.0 Å². The van der Waals surface area contributed by atoms with E-state index >= 15 is 0 Å². The van der Waals surface area contributed by atoms with E-state index in [1.807, 2.05) is 0 Å². The van der Waals surface area contributed by atoms with Gasteiger partial charge in [0.2, 0.25) is 0 Å². The number of cyclic esters (lactones) is 1. The van der Waals surface area contributed by atoms with E-state index in [9.17, 15) is 18.7 Å². The van der Waals surface area contributed by atoms with Gasteiger partial charge in [0, 0.05) is 13.1 Å². The second-order valence-electron chi connectivity index (χ2n) is 6.14. The van der Waals surface area contributed by atoms with Crippen molar-refractivity contribution in [2.75, 3.05) is 13.1 Å². The highest BCUT2D eigenvalue weighted by atomic mass is 19.3. The van der Waals surface area contributed by atoms with Crippen LogP contribution in [0.4, 0.5) is 8.78 Å². The highest BCUT2D eigenvalue weighted by molar-refractivity contribution is 5.79. The Balaban J connectivity index is 1.70. The van der Waals surface area contributed by atoms with Crippen LogP contribution in [0, 0.1) is 5.92 Å². The van der Waals surface area contributed by atoms with Crippen LogP contribution in [0.2, 0.25) is 0 Å². The molecule has 4 nitrogen and oxygen atoms in total. The van der Waals surface area contributed by atoms with Crippen LogP contribution in [-0.2, 0) is 9.53 Å². The molecule has 0 radical (unpaired) electrons. The lowest BCUT2D eigenvalue weighted by molar-refractivity contribution is -0.159. The van der Waals surface area contributed by atoms with Crippen LogP contribution in [0.3, 0.4) is 0 Å². The smallest absolute Gasteiger partial charge is 0.377 e. The van der Waals surface area contributed by atoms with Gasteiger partial charge in [0.25, 0.3) is 0 Å². The highest BCUT2D eigenvalue weighted by Gasteiger charge is 2.50. The normalized spacial score (nSPS) is 36.9. The fourth-order valence-electron chi connectivity index (χ4n) is 3.03. The standard InChI is InChI=1S/C14H23F2NO3/c1-2-10-3-5-13(19,6-4-10)9-17-8-11-7-14(15,16)12(18)20-11/h10-11,17,19H,2-9H2,1H3. The number of alkyl halides is 2. The van der Waals surface area contributed by atoms with Gasteiger partial charge >= 0.3 is 11.9 Å². The molecule has 20 heavy (non-hydrogen) atoms. The molecule has 0 bridgehead atoms. The summed E-state index contributed by atoms with van der Waals surface area (Å²) in [6.45, 7) is 2.69. The molecule has 0 aromatic heterocycles. The Labute approximate surface area is 117 Å². The van der Waals surface area contributed by atoms with E-state index in [-0.39, 0.29) is 6.54 Å². The van der Waals surface area contributed by atoms with E-state index in [0.29, 0.717) is 12.5 Å². The Morgan fingerprint density at radius 3 is 2.55 bits per heavy atom. The number of esters is 1. The lowest BCUT2D eigenvalue weighted by Gasteiger charge is -2.36. The van der Waals surface area contributed by atoms with Gasteiger partial charge in [0.15, 0.2) is 0 Å². The quantitative estimate of drug-likeness (QED) is 0.759. The maximum atomic E-state index is 13.0. The molecule has 0 aromatic carbocycles. The average molecular weight is 291 g/mol. The molecular formula is C14H23F2NO3. The van der Waals surface area contributed by atoms with Gasteiger partial charge in [-0.05, 0) is 31.6 Å². The second-order valence-corrected chi connectivity index (χ2v) is 6.14. The number of rotatable bonds is 5. The Bertz CT molecular complexity index is 354. The fraction of sp³-hybridized carbons (Fsp3) is 0.929. The maximum absolute atomic E-state index is 13.0. The number of ether oxygens (including phenoxy) is 1. The van der Waals surface area contributed by atoms with Crippen molar-refractivity contribution in [2.45, 2.75) is 63.1 Å². The first-order valence-electron chi connectivity index (χ1n) is 7.37. The largest absolute Gasteiger partial charge is 0.456 e. The molecule has 2 aliphatic rings. The van der Waals surface area contributed by atoms with Gasteiger partial charge in [0.05, 0.1) is 12.0 Å². The van der Waals surface area contributed by atoms with E-state index in [4.69, 9.17) is 0 Å². The molecule has 6 heteroatoms. The number of aliphatic hydroxyl groups is 1. The minimum absolute atomic E-state index is 0.168. The third-order valence-electron chi connectivity index (χ3n) is 4.50. The van der Waals surface area contributed by atoms with Crippen LogP contribution in [-0.4, -0.2) is 41.8 Å². The van der Waals surface area contributed by atoms with E-state index in [1.165, 1.54) is 0 Å². The molecule has 1 unspecified atom stereocenters. The summed E-state index contributed by atoms with van der Waals surface area (Å²) >= 11 is 0. The Morgan fingerprint density at radius 2 is 2.05 bits per heavy atom. The van der Waals surface area contributed by atoms with Crippen LogP contribution in [0.25, 0.3) is 0 Å². The number of carbonyl (C=O) groups is 1. The SMILES string of the molecule is CCC1CCC(O)(CNCC2CC(F)(F)C(=O)O2)CC1. The van der Waals surface area contributed by atoms with Crippen molar-refractivity contribution in [3.63, 3.8) is 0 Å². The minimum atomic E-state index is -3.36. The Kier molecular flexibility index (Phi) is 4.64. The van der Waals surface area contributed by atoms with Crippen LogP contribution in [0.15, 0.2) is 0 Å². The van der Waals surface area contributed by atoms with Crippen LogP contribution in [0.5, 0.6) is 0 Å². The molecule has 2 rings (SSSR count). The predicted octanol–water partition coefficient (Wildman–Crippen LogP) is 1.86.